The van der Waals surface area contributed by atoms with E-state index in [0.717, 1.165) is 11.0 Å². The standard InChI is InChI=1S/C15H20N4/c16-19-15(11-4-2-1-3-5-11)12-6-7-13-14(10-12)18-9-8-17-13/h6-11,15,19H,1-5,16H2. The van der Waals surface area contributed by atoms with Gasteiger partial charge in [0.15, 0.2) is 0 Å². The topological polar surface area (TPSA) is 63.8 Å². The van der Waals surface area contributed by atoms with E-state index >= 15 is 0 Å². The van der Waals surface area contributed by atoms with E-state index < -0.39 is 0 Å². The third-order valence-electron chi connectivity index (χ3n) is 4.15. The van der Waals surface area contributed by atoms with Gasteiger partial charge in [-0.1, -0.05) is 25.3 Å². The lowest BCUT2D eigenvalue weighted by Gasteiger charge is -2.30. The number of nitrogens with two attached hydrogens (primary N) is 1. The zero-order valence-electron chi connectivity index (χ0n) is 11.0. The third-order valence-corrected chi connectivity index (χ3v) is 4.15. The van der Waals surface area contributed by atoms with Gasteiger partial charge in [-0.15, -0.1) is 0 Å². The summed E-state index contributed by atoms with van der Waals surface area (Å²) in [5.74, 6) is 6.43. The Morgan fingerprint density at radius 2 is 1.79 bits per heavy atom. The predicted molar refractivity (Wildman–Crippen MR) is 76.2 cm³/mol. The number of hydrogen-bond acceptors (Lipinski definition) is 4. The Kier molecular flexibility index (Phi) is 3.71. The van der Waals surface area contributed by atoms with Crippen LogP contribution in [0.25, 0.3) is 11.0 Å². The normalized spacial score (nSPS) is 18.6. The number of fused-ring (bicyclic) bond motifs is 1. The number of hydrazine groups is 1. The summed E-state index contributed by atoms with van der Waals surface area (Å²) in [4.78, 5) is 8.68. The minimum atomic E-state index is 0.228. The van der Waals surface area contributed by atoms with Gasteiger partial charge in [-0.05, 0) is 36.5 Å². The summed E-state index contributed by atoms with van der Waals surface area (Å²) in [5, 5.41) is 0. The Bertz CT molecular complexity index is 549. The number of rotatable bonds is 3. The second kappa shape index (κ2) is 5.63. The quantitative estimate of drug-likeness (QED) is 0.654. The van der Waals surface area contributed by atoms with Gasteiger partial charge in [-0.3, -0.25) is 21.2 Å². The summed E-state index contributed by atoms with van der Waals surface area (Å²) in [6, 6.07) is 6.49. The molecule has 19 heavy (non-hydrogen) atoms. The van der Waals surface area contributed by atoms with E-state index in [9.17, 15) is 0 Å². The van der Waals surface area contributed by atoms with Crippen molar-refractivity contribution in [2.75, 3.05) is 0 Å². The van der Waals surface area contributed by atoms with E-state index in [4.69, 9.17) is 5.84 Å². The first-order chi connectivity index (χ1) is 9.38. The Hall–Kier alpha value is -1.52. The molecule has 1 aromatic carbocycles. The van der Waals surface area contributed by atoms with Crippen molar-refractivity contribution in [3.05, 3.63) is 36.2 Å². The van der Waals surface area contributed by atoms with Crippen molar-refractivity contribution in [2.24, 2.45) is 11.8 Å². The summed E-state index contributed by atoms with van der Waals surface area (Å²) >= 11 is 0. The largest absolute Gasteiger partial charge is 0.271 e. The highest BCUT2D eigenvalue weighted by Crippen LogP contribution is 2.34. The Morgan fingerprint density at radius 1 is 1.05 bits per heavy atom. The van der Waals surface area contributed by atoms with Gasteiger partial charge in [0.2, 0.25) is 0 Å². The van der Waals surface area contributed by atoms with Crippen LogP contribution in [0.5, 0.6) is 0 Å². The molecule has 0 saturated heterocycles. The molecule has 0 radical (unpaired) electrons. The van der Waals surface area contributed by atoms with Crippen molar-refractivity contribution < 1.29 is 0 Å². The number of nitrogens with one attached hydrogen (secondary N) is 1. The first-order valence-electron chi connectivity index (χ1n) is 7.05. The number of aromatic nitrogens is 2. The average molecular weight is 256 g/mol. The van der Waals surface area contributed by atoms with Gasteiger partial charge < -0.3 is 0 Å². The highest BCUT2D eigenvalue weighted by atomic mass is 15.2. The minimum absolute atomic E-state index is 0.228. The number of nitrogens with zero attached hydrogens (tertiary/aromatic N) is 2. The second-order valence-corrected chi connectivity index (χ2v) is 5.35. The van der Waals surface area contributed by atoms with Crippen LogP contribution >= 0.6 is 0 Å². The average Bonchev–Trinajstić information content (AvgIpc) is 2.49. The monoisotopic (exact) mass is 256 g/mol. The van der Waals surface area contributed by atoms with Gasteiger partial charge in [0.05, 0.1) is 11.0 Å². The Balaban J connectivity index is 1.91. The summed E-state index contributed by atoms with van der Waals surface area (Å²) in [7, 11) is 0. The van der Waals surface area contributed by atoms with E-state index in [1.807, 2.05) is 6.07 Å². The molecule has 4 heteroatoms. The molecule has 3 rings (SSSR count). The van der Waals surface area contributed by atoms with E-state index in [1.54, 1.807) is 12.4 Å². The molecule has 0 aliphatic heterocycles. The molecule has 1 unspecified atom stereocenters. The van der Waals surface area contributed by atoms with Crippen molar-refractivity contribution in [3.63, 3.8) is 0 Å². The summed E-state index contributed by atoms with van der Waals surface area (Å²) in [5.41, 5.74) is 6.11. The van der Waals surface area contributed by atoms with Gasteiger partial charge in [0.1, 0.15) is 0 Å². The van der Waals surface area contributed by atoms with Gasteiger partial charge in [-0.2, -0.15) is 0 Å². The van der Waals surface area contributed by atoms with Gasteiger partial charge in [0, 0.05) is 18.4 Å². The molecular formula is C15H20N4. The van der Waals surface area contributed by atoms with Crippen LogP contribution in [0.3, 0.4) is 0 Å². The fraction of sp³-hybridized carbons (Fsp3) is 0.467. The first kappa shape index (κ1) is 12.5. The maximum absolute atomic E-state index is 5.79. The van der Waals surface area contributed by atoms with E-state index in [1.165, 1.54) is 37.7 Å². The molecule has 1 saturated carbocycles. The van der Waals surface area contributed by atoms with Crippen LogP contribution < -0.4 is 11.3 Å². The van der Waals surface area contributed by atoms with Gasteiger partial charge in [0.25, 0.3) is 0 Å². The molecule has 4 nitrogen and oxygen atoms in total. The Labute approximate surface area is 113 Å². The molecule has 1 aliphatic carbocycles. The van der Waals surface area contributed by atoms with E-state index in [-0.39, 0.29) is 6.04 Å². The predicted octanol–water partition coefficient (Wildman–Crippen LogP) is 2.71. The number of hydrogen-bond donors (Lipinski definition) is 2. The van der Waals surface area contributed by atoms with Crippen LogP contribution in [0.1, 0.15) is 43.7 Å². The maximum Gasteiger partial charge on any atom is 0.0890 e. The van der Waals surface area contributed by atoms with Crippen molar-refractivity contribution in [1.82, 2.24) is 15.4 Å². The van der Waals surface area contributed by atoms with E-state index in [0.29, 0.717) is 5.92 Å². The van der Waals surface area contributed by atoms with Crippen LogP contribution in [-0.2, 0) is 0 Å². The third kappa shape index (κ3) is 2.60. The highest BCUT2D eigenvalue weighted by Gasteiger charge is 2.24. The van der Waals surface area contributed by atoms with Crippen LogP contribution in [0.2, 0.25) is 0 Å². The van der Waals surface area contributed by atoms with Crippen LogP contribution in [0, 0.1) is 5.92 Å². The zero-order chi connectivity index (χ0) is 13.1. The first-order valence-corrected chi connectivity index (χ1v) is 7.05. The van der Waals surface area contributed by atoms with Crippen LogP contribution in [-0.4, -0.2) is 9.97 Å². The van der Waals surface area contributed by atoms with Crippen molar-refractivity contribution in [2.45, 2.75) is 38.1 Å². The van der Waals surface area contributed by atoms with Crippen molar-refractivity contribution >= 4 is 11.0 Å². The Morgan fingerprint density at radius 3 is 2.53 bits per heavy atom. The molecule has 1 aliphatic rings. The molecule has 1 atom stereocenters. The van der Waals surface area contributed by atoms with Crippen molar-refractivity contribution in [3.8, 4) is 0 Å². The van der Waals surface area contributed by atoms with Gasteiger partial charge >= 0.3 is 0 Å². The zero-order valence-corrected chi connectivity index (χ0v) is 11.0. The highest BCUT2D eigenvalue weighted by molar-refractivity contribution is 5.74. The molecule has 0 amide bonds. The van der Waals surface area contributed by atoms with E-state index in [2.05, 4.69) is 27.5 Å². The molecule has 0 bridgehead atoms. The fourth-order valence-corrected chi connectivity index (χ4v) is 3.15. The second-order valence-electron chi connectivity index (χ2n) is 5.35. The lowest BCUT2D eigenvalue weighted by molar-refractivity contribution is 0.273. The molecule has 3 N–H and O–H groups in total. The molecule has 100 valence electrons. The summed E-state index contributed by atoms with van der Waals surface area (Å²) < 4.78 is 0. The SMILES string of the molecule is NNC(c1ccc2nccnc2c1)C1CCCCC1. The number of benzene rings is 1. The van der Waals surface area contributed by atoms with Crippen molar-refractivity contribution in [1.29, 1.82) is 0 Å². The lowest BCUT2D eigenvalue weighted by atomic mass is 9.81. The minimum Gasteiger partial charge on any atom is -0.271 e. The molecule has 0 spiro atoms. The molecular weight excluding hydrogens is 236 g/mol. The molecule has 1 heterocycles. The summed E-state index contributed by atoms with van der Waals surface area (Å²) in [6.45, 7) is 0. The smallest absolute Gasteiger partial charge is 0.0890 e. The van der Waals surface area contributed by atoms with Gasteiger partial charge in [-0.25, -0.2) is 0 Å². The molecule has 1 fully saturated rings. The summed E-state index contributed by atoms with van der Waals surface area (Å²) in [6.07, 6.45) is 9.96. The van der Waals surface area contributed by atoms with Crippen LogP contribution in [0.15, 0.2) is 30.6 Å². The maximum atomic E-state index is 5.79. The lowest BCUT2D eigenvalue weighted by Crippen LogP contribution is -2.34. The fourth-order valence-electron chi connectivity index (χ4n) is 3.15. The molecule has 1 aromatic heterocycles. The van der Waals surface area contributed by atoms with Crippen LogP contribution in [0.4, 0.5) is 0 Å². The molecule has 2 aromatic rings.